The van der Waals surface area contributed by atoms with Crippen molar-refractivity contribution in [1.82, 2.24) is 19.7 Å². The summed E-state index contributed by atoms with van der Waals surface area (Å²) in [5, 5.41) is 8.86. The van der Waals surface area contributed by atoms with Crippen LogP contribution < -0.4 is 5.32 Å². The van der Waals surface area contributed by atoms with Gasteiger partial charge in [-0.2, -0.15) is 5.10 Å². The standard InChI is InChI=1S/C12H10ClN5/c1-18-12-8(6-16-18)11(14-7-15-12)17-10-5-3-2-4-9(10)13/h2-7H,1H3,(H,14,15,17). The quantitative estimate of drug-likeness (QED) is 0.769. The van der Waals surface area contributed by atoms with Gasteiger partial charge >= 0.3 is 0 Å². The van der Waals surface area contributed by atoms with Crippen LogP contribution in [0.25, 0.3) is 11.0 Å². The molecule has 0 spiro atoms. The molecule has 90 valence electrons. The fourth-order valence-corrected chi connectivity index (χ4v) is 1.93. The molecule has 0 radical (unpaired) electrons. The van der Waals surface area contributed by atoms with Crippen LogP contribution in [-0.4, -0.2) is 19.7 Å². The molecule has 0 unspecified atom stereocenters. The van der Waals surface area contributed by atoms with Gasteiger partial charge in [-0.1, -0.05) is 23.7 Å². The van der Waals surface area contributed by atoms with E-state index in [1.165, 1.54) is 6.33 Å². The molecule has 0 atom stereocenters. The van der Waals surface area contributed by atoms with Gasteiger partial charge in [-0.25, -0.2) is 9.97 Å². The minimum Gasteiger partial charge on any atom is -0.338 e. The van der Waals surface area contributed by atoms with Crippen molar-refractivity contribution in [3.63, 3.8) is 0 Å². The van der Waals surface area contributed by atoms with Gasteiger partial charge in [0.15, 0.2) is 5.65 Å². The average molecular weight is 260 g/mol. The average Bonchev–Trinajstić information content (AvgIpc) is 2.76. The number of benzene rings is 1. The molecule has 0 aliphatic heterocycles. The third kappa shape index (κ3) is 1.78. The van der Waals surface area contributed by atoms with E-state index in [-0.39, 0.29) is 0 Å². The number of para-hydroxylation sites is 1. The van der Waals surface area contributed by atoms with E-state index in [9.17, 15) is 0 Å². The van der Waals surface area contributed by atoms with Gasteiger partial charge in [0.25, 0.3) is 0 Å². The van der Waals surface area contributed by atoms with Crippen LogP contribution in [0.2, 0.25) is 5.02 Å². The zero-order chi connectivity index (χ0) is 12.5. The third-order valence-corrected chi connectivity index (χ3v) is 2.99. The van der Waals surface area contributed by atoms with Crippen molar-refractivity contribution in [2.24, 2.45) is 7.05 Å². The normalized spacial score (nSPS) is 10.8. The van der Waals surface area contributed by atoms with Crippen LogP contribution in [0.4, 0.5) is 11.5 Å². The van der Waals surface area contributed by atoms with E-state index in [0.29, 0.717) is 10.8 Å². The largest absolute Gasteiger partial charge is 0.338 e. The first-order valence-corrected chi connectivity index (χ1v) is 5.78. The summed E-state index contributed by atoms with van der Waals surface area (Å²) in [6, 6.07) is 7.52. The number of nitrogens with zero attached hydrogens (tertiary/aromatic N) is 4. The maximum atomic E-state index is 6.10. The highest BCUT2D eigenvalue weighted by Crippen LogP contribution is 2.27. The molecule has 0 saturated heterocycles. The summed E-state index contributed by atoms with van der Waals surface area (Å²) in [5.41, 5.74) is 1.59. The van der Waals surface area contributed by atoms with Crippen LogP contribution in [0, 0.1) is 0 Å². The summed E-state index contributed by atoms with van der Waals surface area (Å²) in [6.45, 7) is 0. The predicted molar refractivity (Wildman–Crippen MR) is 71.0 cm³/mol. The zero-order valence-corrected chi connectivity index (χ0v) is 10.4. The Hall–Kier alpha value is -2.14. The molecule has 0 aliphatic carbocycles. The van der Waals surface area contributed by atoms with Gasteiger partial charge in [0, 0.05) is 7.05 Å². The number of fused-ring (bicyclic) bond motifs is 1. The van der Waals surface area contributed by atoms with Crippen LogP contribution in [0.3, 0.4) is 0 Å². The van der Waals surface area contributed by atoms with Crippen molar-refractivity contribution < 1.29 is 0 Å². The fourth-order valence-electron chi connectivity index (χ4n) is 1.75. The molecule has 2 aromatic heterocycles. The lowest BCUT2D eigenvalue weighted by Gasteiger charge is -2.07. The van der Waals surface area contributed by atoms with Crippen molar-refractivity contribution in [3.05, 3.63) is 41.8 Å². The number of rotatable bonds is 2. The van der Waals surface area contributed by atoms with Gasteiger partial charge in [-0.3, -0.25) is 4.68 Å². The van der Waals surface area contributed by atoms with Crippen LogP contribution in [0.15, 0.2) is 36.8 Å². The van der Waals surface area contributed by atoms with Crippen LogP contribution in [0.1, 0.15) is 0 Å². The molecule has 0 saturated carbocycles. The second-order valence-electron chi connectivity index (χ2n) is 3.83. The van der Waals surface area contributed by atoms with Crippen molar-refractivity contribution in [2.75, 3.05) is 5.32 Å². The first-order chi connectivity index (χ1) is 8.75. The van der Waals surface area contributed by atoms with Crippen molar-refractivity contribution >= 4 is 34.1 Å². The second kappa shape index (κ2) is 4.27. The SMILES string of the molecule is Cn1ncc2c(Nc3ccccc3Cl)ncnc21. The van der Waals surface area contributed by atoms with Crippen molar-refractivity contribution in [2.45, 2.75) is 0 Å². The van der Waals surface area contributed by atoms with Crippen LogP contribution in [-0.2, 0) is 7.05 Å². The maximum Gasteiger partial charge on any atom is 0.163 e. The Morgan fingerprint density at radius 1 is 1.22 bits per heavy atom. The molecule has 3 aromatic rings. The Kier molecular flexibility index (Phi) is 2.60. The number of aromatic nitrogens is 4. The van der Waals surface area contributed by atoms with Crippen LogP contribution in [0.5, 0.6) is 0 Å². The lowest BCUT2D eigenvalue weighted by Crippen LogP contribution is -1.97. The van der Waals surface area contributed by atoms with E-state index in [2.05, 4.69) is 20.4 Å². The Morgan fingerprint density at radius 3 is 2.89 bits per heavy atom. The van der Waals surface area contributed by atoms with Crippen molar-refractivity contribution in [3.8, 4) is 0 Å². The second-order valence-corrected chi connectivity index (χ2v) is 4.24. The van der Waals surface area contributed by atoms with Gasteiger partial charge in [-0.15, -0.1) is 0 Å². The summed E-state index contributed by atoms with van der Waals surface area (Å²) >= 11 is 6.10. The van der Waals surface area contributed by atoms with E-state index in [1.807, 2.05) is 31.3 Å². The third-order valence-electron chi connectivity index (χ3n) is 2.66. The van der Waals surface area contributed by atoms with Crippen molar-refractivity contribution in [1.29, 1.82) is 0 Å². The Balaban J connectivity index is 2.08. The fraction of sp³-hybridized carbons (Fsp3) is 0.0833. The number of hydrogen-bond donors (Lipinski definition) is 1. The highest BCUT2D eigenvalue weighted by atomic mass is 35.5. The monoisotopic (exact) mass is 259 g/mol. The zero-order valence-electron chi connectivity index (χ0n) is 9.63. The number of anilines is 2. The number of halogens is 1. The summed E-state index contributed by atoms with van der Waals surface area (Å²) in [6.07, 6.45) is 3.23. The summed E-state index contributed by atoms with van der Waals surface area (Å²) in [7, 11) is 1.84. The lowest BCUT2D eigenvalue weighted by molar-refractivity contribution is 0.785. The summed E-state index contributed by atoms with van der Waals surface area (Å²) in [5.74, 6) is 0.696. The molecule has 0 aliphatic rings. The van der Waals surface area contributed by atoms with E-state index in [4.69, 9.17) is 11.6 Å². The molecule has 1 N–H and O–H groups in total. The van der Waals surface area contributed by atoms with Gasteiger partial charge in [0.05, 0.1) is 22.3 Å². The molecule has 18 heavy (non-hydrogen) atoms. The molecule has 0 bridgehead atoms. The highest BCUT2D eigenvalue weighted by Gasteiger charge is 2.08. The van der Waals surface area contributed by atoms with Gasteiger partial charge in [0.2, 0.25) is 0 Å². The molecular weight excluding hydrogens is 250 g/mol. The van der Waals surface area contributed by atoms with E-state index in [1.54, 1.807) is 10.9 Å². The summed E-state index contributed by atoms with van der Waals surface area (Å²) in [4.78, 5) is 8.40. The minimum atomic E-state index is 0.646. The molecule has 0 amide bonds. The number of nitrogens with one attached hydrogen (secondary N) is 1. The first kappa shape index (κ1) is 11.0. The Labute approximate surface area is 108 Å². The molecule has 1 aromatic carbocycles. The lowest BCUT2D eigenvalue weighted by atomic mass is 10.3. The molecule has 6 heteroatoms. The van der Waals surface area contributed by atoms with E-state index < -0.39 is 0 Å². The highest BCUT2D eigenvalue weighted by molar-refractivity contribution is 6.33. The Morgan fingerprint density at radius 2 is 2.06 bits per heavy atom. The molecular formula is C12H10ClN5. The first-order valence-electron chi connectivity index (χ1n) is 5.40. The topological polar surface area (TPSA) is 55.6 Å². The minimum absolute atomic E-state index is 0.646. The van der Waals surface area contributed by atoms with Crippen LogP contribution >= 0.6 is 11.6 Å². The molecule has 0 fully saturated rings. The molecule has 2 heterocycles. The van der Waals surface area contributed by atoms with E-state index >= 15 is 0 Å². The predicted octanol–water partition coefficient (Wildman–Crippen LogP) is 2.76. The van der Waals surface area contributed by atoms with Gasteiger partial charge < -0.3 is 5.32 Å². The Bertz CT molecular complexity index is 707. The molecule has 5 nitrogen and oxygen atoms in total. The van der Waals surface area contributed by atoms with Gasteiger partial charge in [-0.05, 0) is 12.1 Å². The maximum absolute atomic E-state index is 6.10. The smallest absolute Gasteiger partial charge is 0.163 e. The summed E-state index contributed by atoms with van der Waals surface area (Å²) < 4.78 is 1.70. The van der Waals surface area contributed by atoms with E-state index in [0.717, 1.165) is 16.7 Å². The number of aryl methyl sites for hydroxylation is 1. The number of hydrogen-bond acceptors (Lipinski definition) is 4. The van der Waals surface area contributed by atoms with Gasteiger partial charge in [0.1, 0.15) is 12.1 Å². The molecule has 3 rings (SSSR count).